The zero-order chi connectivity index (χ0) is 12.3. The monoisotopic (exact) mass is 232 g/mol. The van der Waals surface area contributed by atoms with Gasteiger partial charge in [0.2, 0.25) is 0 Å². The SMILES string of the molecule is CNC1CCN(Cc2cc(C)ccc2C)CC1. The number of piperidine rings is 1. The summed E-state index contributed by atoms with van der Waals surface area (Å²) in [5, 5.41) is 3.38. The zero-order valence-electron chi connectivity index (χ0n) is 11.3. The molecular weight excluding hydrogens is 208 g/mol. The fraction of sp³-hybridized carbons (Fsp3) is 0.600. The van der Waals surface area contributed by atoms with Gasteiger partial charge in [-0.3, -0.25) is 4.90 Å². The molecule has 0 aliphatic carbocycles. The van der Waals surface area contributed by atoms with Crippen LogP contribution in [0.25, 0.3) is 0 Å². The molecule has 0 unspecified atom stereocenters. The molecule has 2 heteroatoms. The minimum atomic E-state index is 0.727. The third kappa shape index (κ3) is 3.30. The van der Waals surface area contributed by atoms with E-state index in [1.807, 2.05) is 0 Å². The zero-order valence-corrected chi connectivity index (χ0v) is 11.3. The van der Waals surface area contributed by atoms with Gasteiger partial charge in [0.15, 0.2) is 0 Å². The van der Waals surface area contributed by atoms with Crippen molar-refractivity contribution in [3.05, 3.63) is 34.9 Å². The summed E-state index contributed by atoms with van der Waals surface area (Å²) in [5.41, 5.74) is 4.29. The summed E-state index contributed by atoms with van der Waals surface area (Å²) in [6.07, 6.45) is 2.56. The van der Waals surface area contributed by atoms with Crippen LogP contribution < -0.4 is 5.32 Å². The molecule has 1 aromatic carbocycles. The molecule has 0 atom stereocenters. The molecule has 2 nitrogen and oxygen atoms in total. The number of aryl methyl sites for hydroxylation is 2. The molecule has 0 radical (unpaired) electrons. The van der Waals surface area contributed by atoms with Crippen LogP contribution in [-0.2, 0) is 6.54 Å². The number of hydrogen-bond donors (Lipinski definition) is 1. The second-order valence-corrected chi connectivity index (χ2v) is 5.27. The van der Waals surface area contributed by atoms with Crippen molar-refractivity contribution < 1.29 is 0 Å². The molecule has 1 N–H and O–H groups in total. The fourth-order valence-electron chi connectivity index (χ4n) is 2.59. The van der Waals surface area contributed by atoms with Crippen LogP contribution in [0.5, 0.6) is 0 Å². The highest BCUT2D eigenvalue weighted by Crippen LogP contribution is 2.17. The van der Waals surface area contributed by atoms with E-state index in [1.54, 1.807) is 0 Å². The Hall–Kier alpha value is -0.860. The number of rotatable bonds is 3. The molecule has 0 spiro atoms. The van der Waals surface area contributed by atoms with Gasteiger partial charge >= 0.3 is 0 Å². The highest BCUT2D eigenvalue weighted by atomic mass is 15.1. The standard InChI is InChI=1S/C15H24N2/c1-12-4-5-13(2)14(10-12)11-17-8-6-15(16-3)7-9-17/h4-5,10,15-16H,6-9,11H2,1-3H3. The molecule has 1 fully saturated rings. The normalized spacial score (nSPS) is 18.5. The van der Waals surface area contributed by atoms with Gasteiger partial charge in [-0.05, 0) is 58.0 Å². The summed E-state index contributed by atoms with van der Waals surface area (Å²) < 4.78 is 0. The van der Waals surface area contributed by atoms with E-state index in [2.05, 4.69) is 49.3 Å². The van der Waals surface area contributed by atoms with Crippen LogP contribution in [0.3, 0.4) is 0 Å². The Morgan fingerprint density at radius 1 is 1.24 bits per heavy atom. The van der Waals surface area contributed by atoms with E-state index in [-0.39, 0.29) is 0 Å². The second-order valence-electron chi connectivity index (χ2n) is 5.27. The predicted octanol–water partition coefficient (Wildman–Crippen LogP) is 2.49. The van der Waals surface area contributed by atoms with Crippen molar-refractivity contribution in [2.24, 2.45) is 0 Å². The van der Waals surface area contributed by atoms with Gasteiger partial charge in [-0.1, -0.05) is 23.8 Å². The van der Waals surface area contributed by atoms with Gasteiger partial charge in [-0.25, -0.2) is 0 Å². The minimum Gasteiger partial charge on any atom is -0.317 e. The summed E-state index contributed by atoms with van der Waals surface area (Å²) in [6.45, 7) is 7.95. The summed E-state index contributed by atoms with van der Waals surface area (Å²) in [4.78, 5) is 2.58. The molecule has 1 saturated heterocycles. The first kappa shape index (κ1) is 12.6. The first-order valence-corrected chi connectivity index (χ1v) is 6.65. The second kappa shape index (κ2) is 5.65. The van der Waals surface area contributed by atoms with E-state index in [1.165, 1.54) is 42.6 Å². The van der Waals surface area contributed by atoms with Gasteiger partial charge in [-0.15, -0.1) is 0 Å². The van der Waals surface area contributed by atoms with Crippen LogP contribution in [0.1, 0.15) is 29.5 Å². The van der Waals surface area contributed by atoms with Crippen LogP contribution in [0, 0.1) is 13.8 Å². The lowest BCUT2D eigenvalue weighted by atomic mass is 10.0. The Bertz CT molecular complexity index is 365. The lowest BCUT2D eigenvalue weighted by Gasteiger charge is -2.32. The van der Waals surface area contributed by atoms with Gasteiger partial charge in [0, 0.05) is 12.6 Å². The van der Waals surface area contributed by atoms with Gasteiger partial charge in [0.1, 0.15) is 0 Å². The molecule has 1 aliphatic heterocycles. The van der Waals surface area contributed by atoms with E-state index in [9.17, 15) is 0 Å². The molecule has 0 saturated carbocycles. The van der Waals surface area contributed by atoms with E-state index in [4.69, 9.17) is 0 Å². The molecule has 94 valence electrons. The third-order valence-electron chi connectivity index (χ3n) is 3.89. The first-order chi connectivity index (χ1) is 8.19. The summed E-state index contributed by atoms with van der Waals surface area (Å²) in [7, 11) is 2.07. The van der Waals surface area contributed by atoms with Crippen molar-refractivity contribution in [2.75, 3.05) is 20.1 Å². The van der Waals surface area contributed by atoms with Crippen LogP contribution in [0.2, 0.25) is 0 Å². The molecule has 1 heterocycles. The number of likely N-dealkylation sites (tertiary alicyclic amines) is 1. The van der Waals surface area contributed by atoms with Crippen LogP contribution in [-0.4, -0.2) is 31.1 Å². The van der Waals surface area contributed by atoms with Crippen molar-refractivity contribution in [1.29, 1.82) is 0 Å². The molecule has 17 heavy (non-hydrogen) atoms. The van der Waals surface area contributed by atoms with E-state index >= 15 is 0 Å². The third-order valence-corrected chi connectivity index (χ3v) is 3.89. The largest absolute Gasteiger partial charge is 0.317 e. The average Bonchev–Trinajstić information content (AvgIpc) is 2.35. The topological polar surface area (TPSA) is 15.3 Å². The van der Waals surface area contributed by atoms with E-state index in [0.717, 1.165) is 12.6 Å². The van der Waals surface area contributed by atoms with Crippen molar-refractivity contribution in [2.45, 2.75) is 39.3 Å². The number of hydrogen-bond acceptors (Lipinski definition) is 2. The molecule has 2 rings (SSSR count). The highest BCUT2D eigenvalue weighted by Gasteiger charge is 2.17. The fourth-order valence-corrected chi connectivity index (χ4v) is 2.59. The molecule has 0 amide bonds. The van der Waals surface area contributed by atoms with Crippen LogP contribution in [0.15, 0.2) is 18.2 Å². The van der Waals surface area contributed by atoms with Crippen molar-refractivity contribution in [3.8, 4) is 0 Å². The quantitative estimate of drug-likeness (QED) is 0.861. The van der Waals surface area contributed by atoms with Crippen LogP contribution in [0.4, 0.5) is 0 Å². The Labute approximate surface area is 105 Å². The first-order valence-electron chi connectivity index (χ1n) is 6.65. The van der Waals surface area contributed by atoms with Crippen molar-refractivity contribution in [1.82, 2.24) is 10.2 Å². The van der Waals surface area contributed by atoms with E-state index in [0.29, 0.717) is 0 Å². The molecule has 1 aliphatic rings. The summed E-state index contributed by atoms with van der Waals surface area (Å²) >= 11 is 0. The Morgan fingerprint density at radius 3 is 2.59 bits per heavy atom. The molecule has 1 aromatic rings. The Morgan fingerprint density at radius 2 is 1.94 bits per heavy atom. The van der Waals surface area contributed by atoms with Gasteiger partial charge < -0.3 is 5.32 Å². The molecular formula is C15H24N2. The van der Waals surface area contributed by atoms with Crippen molar-refractivity contribution in [3.63, 3.8) is 0 Å². The van der Waals surface area contributed by atoms with E-state index < -0.39 is 0 Å². The Balaban J connectivity index is 1.95. The smallest absolute Gasteiger partial charge is 0.0236 e. The van der Waals surface area contributed by atoms with Crippen molar-refractivity contribution >= 4 is 0 Å². The molecule has 0 bridgehead atoms. The van der Waals surface area contributed by atoms with Gasteiger partial charge in [0.25, 0.3) is 0 Å². The minimum absolute atomic E-state index is 0.727. The summed E-state index contributed by atoms with van der Waals surface area (Å²) in [6, 6.07) is 7.50. The number of nitrogens with zero attached hydrogens (tertiary/aromatic N) is 1. The maximum atomic E-state index is 3.38. The molecule has 0 aromatic heterocycles. The van der Waals surface area contributed by atoms with Gasteiger partial charge in [-0.2, -0.15) is 0 Å². The average molecular weight is 232 g/mol. The lowest BCUT2D eigenvalue weighted by Crippen LogP contribution is -2.40. The predicted molar refractivity (Wildman–Crippen MR) is 73.3 cm³/mol. The maximum absolute atomic E-state index is 3.38. The Kier molecular flexibility index (Phi) is 4.19. The highest BCUT2D eigenvalue weighted by molar-refractivity contribution is 5.30. The lowest BCUT2D eigenvalue weighted by molar-refractivity contribution is 0.194. The number of benzene rings is 1. The maximum Gasteiger partial charge on any atom is 0.0236 e. The van der Waals surface area contributed by atoms with Crippen LogP contribution >= 0.6 is 0 Å². The van der Waals surface area contributed by atoms with Gasteiger partial charge in [0.05, 0.1) is 0 Å². The number of nitrogens with one attached hydrogen (secondary N) is 1. The summed E-state index contributed by atoms with van der Waals surface area (Å²) in [5.74, 6) is 0.